The summed E-state index contributed by atoms with van der Waals surface area (Å²) in [5.41, 5.74) is 0. The van der Waals surface area contributed by atoms with Crippen LogP contribution in [0.5, 0.6) is 0 Å². The van der Waals surface area contributed by atoms with E-state index in [4.69, 9.17) is 14.2 Å². The number of esters is 3. The Hall–Kier alpha value is -2.89. The highest BCUT2D eigenvalue weighted by Gasteiger charge is 2.19. The number of unbranched alkanes of at least 4 members (excludes halogenated alkanes) is 36. The summed E-state index contributed by atoms with van der Waals surface area (Å²) in [5.74, 6) is -0.890. The van der Waals surface area contributed by atoms with E-state index in [0.29, 0.717) is 19.3 Å². The van der Waals surface area contributed by atoms with E-state index in [1.165, 1.54) is 199 Å². The third-order valence-corrected chi connectivity index (χ3v) is 13.3. The van der Waals surface area contributed by atoms with E-state index in [0.717, 1.165) is 70.6 Å². The van der Waals surface area contributed by atoms with Gasteiger partial charge < -0.3 is 14.2 Å². The van der Waals surface area contributed by atoms with Gasteiger partial charge in [-0.25, -0.2) is 0 Å². The minimum absolute atomic E-state index is 0.0806. The molecule has 0 aromatic rings. The van der Waals surface area contributed by atoms with Crippen molar-refractivity contribution in [2.45, 2.75) is 316 Å². The normalized spacial score (nSPS) is 12.4. The van der Waals surface area contributed by atoms with Crippen LogP contribution in [0.2, 0.25) is 0 Å². The summed E-state index contributed by atoms with van der Waals surface area (Å²) in [6.45, 7) is 6.59. The summed E-state index contributed by atoms with van der Waals surface area (Å²) < 4.78 is 16.9. The van der Waals surface area contributed by atoms with Gasteiger partial charge in [0.2, 0.25) is 0 Å². The average Bonchev–Trinajstić information content (AvgIpc) is 3.36. The van der Waals surface area contributed by atoms with Gasteiger partial charge in [0.05, 0.1) is 0 Å². The first-order valence-corrected chi connectivity index (χ1v) is 30.3. The lowest BCUT2D eigenvalue weighted by Gasteiger charge is -2.18. The Balaban J connectivity index is 4.37. The van der Waals surface area contributed by atoms with Crippen LogP contribution in [-0.2, 0) is 28.6 Å². The Labute approximate surface area is 434 Å². The van der Waals surface area contributed by atoms with E-state index in [1.807, 2.05) is 0 Å². The molecule has 6 heteroatoms. The first kappa shape index (κ1) is 67.1. The predicted molar refractivity (Wildman–Crippen MR) is 302 cm³/mol. The van der Waals surface area contributed by atoms with E-state index in [1.54, 1.807) is 0 Å². The molecule has 0 spiro atoms. The van der Waals surface area contributed by atoms with E-state index in [9.17, 15) is 14.4 Å². The van der Waals surface area contributed by atoms with Crippen LogP contribution in [0.1, 0.15) is 310 Å². The largest absolute Gasteiger partial charge is 0.462 e. The molecule has 0 bridgehead atoms. The molecule has 1 atom stereocenters. The standard InChI is InChI=1S/C64H114O6/c1-4-7-10-13-16-19-22-25-28-30-32-34-36-39-42-45-48-51-54-57-63(66)69-60-61(59-68-62(65)56-53-50-47-44-41-38-27-24-21-18-15-12-9-6-3)70-64(67)58-55-52-49-46-43-40-37-35-33-31-29-26-23-20-17-14-11-8-5-2/h16-17,19-20,22-23,25-26,38,41,61H,4-15,18,21,24,27-37,39-40,42-60H2,1-3H3/b19-16-,20-17-,25-22-,26-23-,41-38-. The van der Waals surface area contributed by atoms with Crippen molar-refractivity contribution in [2.75, 3.05) is 13.2 Å². The van der Waals surface area contributed by atoms with Gasteiger partial charge in [-0.05, 0) is 96.3 Å². The lowest BCUT2D eigenvalue weighted by molar-refractivity contribution is -0.167. The van der Waals surface area contributed by atoms with Gasteiger partial charge in [-0.2, -0.15) is 0 Å². The summed E-state index contributed by atoms with van der Waals surface area (Å²) in [4.78, 5) is 38.2. The molecule has 0 saturated carbocycles. The molecule has 70 heavy (non-hydrogen) atoms. The van der Waals surface area contributed by atoms with Crippen molar-refractivity contribution in [2.24, 2.45) is 0 Å². The summed E-state index contributed by atoms with van der Waals surface area (Å²) in [6, 6.07) is 0. The van der Waals surface area contributed by atoms with Gasteiger partial charge in [0.1, 0.15) is 13.2 Å². The minimum atomic E-state index is -0.784. The van der Waals surface area contributed by atoms with Crippen LogP contribution < -0.4 is 0 Å². The third-order valence-electron chi connectivity index (χ3n) is 13.3. The Morgan fingerprint density at radius 3 is 0.843 bits per heavy atom. The molecule has 0 aromatic carbocycles. The molecule has 1 unspecified atom stereocenters. The summed E-state index contributed by atoms with van der Waals surface area (Å²) in [7, 11) is 0. The SMILES string of the molecule is CCCCC/C=C\C=C/CCCCCCCCCCCCC(=O)OCC(COC(=O)CCCCC/C=C\CCCCCCCCC)OC(=O)CCCCCCCCCCCC/C=C\C=C/CCCCC. The smallest absolute Gasteiger partial charge is 0.306 e. The van der Waals surface area contributed by atoms with Crippen LogP contribution in [0.15, 0.2) is 60.8 Å². The van der Waals surface area contributed by atoms with Gasteiger partial charge in [-0.3, -0.25) is 14.4 Å². The Morgan fingerprint density at radius 1 is 0.286 bits per heavy atom. The molecule has 0 saturated heterocycles. The van der Waals surface area contributed by atoms with Crippen molar-refractivity contribution in [3.63, 3.8) is 0 Å². The van der Waals surface area contributed by atoms with Gasteiger partial charge in [-0.15, -0.1) is 0 Å². The predicted octanol–water partition coefficient (Wildman–Crippen LogP) is 20.4. The number of hydrogen-bond acceptors (Lipinski definition) is 6. The Morgan fingerprint density at radius 2 is 0.514 bits per heavy atom. The van der Waals surface area contributed by atoms with Crippen molar-refractivity contribution in [3.05, 3.63) is 60.8 Å². The number of allylic oxidation sites excluding steroid dienone is 10. The molecule has 0 aliphatic carbocycles. The lowest BCUT2D eigenvalue weighted by atomic mass is 10.1. The zero-order chi connectivity index (χ0) is 50.7. The molecule has 0 radical (unpaired) electrons. The van der Waals surface area contributed by atoms with E-state index >= 15 is 0 Å². The van der Waals surface area contributed by atoms with Crippen LogP contribution in [0.25, 0.3) is 0 Å². The first-order valence-electron chi connectivity index (χ1n) is 30.3. The van der Waals surface area contributed by atoms with Crippen molar-refractivity contribution >= 4 is 17.9 Å². The van der Waals surface area contributed by atoms with E-state index in [2.05, 4.69) is 81.5 Å². The third kappa shape index (κ3) is 56.0. The lowest BCUT2D eigenvalue weighted by Crippen LogP contribution is -2.30. The molecular formula is C64H114O6. The topological polar surface area (TPSA) is 78.9 Å². The maximum Gasteiger partial charge on any atom is 0.306 e. The zero-order valence-electron chi connectivity index (χ0n) is 46.5. The fourth-order valence-corrected chi connectivity index (χ4v) is 8.66. The molecule has 0 aliphatic rings. The monoisotopic (exact) mass is 979 g/mol. The minimum Gasteiger partial charge on any atom is -0.462 e. The van der Waals surface area contributed by atoms with Gasteiger partial charge >= 0.3 is 17.9 Å². The van der Waals surface area contributed by atoms with Gasteiger partial charge in [0.15, 0.2) is 6.10 Å². The van der Waals surface area contributed by atoms with Crippen molar-refractivity contribution in [1.29, 1.82) is 0 Å². The zero-order valence-corrected chi connectivity index (χ0v) is 46.5. The molecule has 0 aromatic heterocycles. The summed E-state index contributed by atoms with van der Waals surface area (Å²) in [5, 5.41) is 0. The number of ether oxygens (including phenoxy) is 3. The quantitative estimate of drug-likeness (QED) is 0.0199. The average molecular weight is 980 g/mol. The number of carbonyl (C=O) groups excluding carboxylic acids is 3. The van der Waals surface area contributed by atoms with Gasteiger partial charge in [0, 0.05) is 19.3 Å². The fraction of sp³-hybridized carbons (Fsp3) is 0.797. The summed E-state index contributed by atoms with van der Waals surface area (Å²) in [6.07, 6.45) is 73.5. The Kier molecular flexibility index (Phi) is 56.3. The first-order chi connectivity index (χ1) is 34.5. The Bertz CT molecular complexity index is 1260. The number of carbonyl (C=O) groups is 3. The highest BCUT2D eigenvalue weighted by molar-refractivity contribution is 5.71. The molecule has 0 heterocycles. The van der Waals surface area contributed by atoms with Crippen molar-refractivity contribution < 1.29 is 28.6 Å². The second kappa shape index (κ2) is 58.7. The summed E-state index contributed by atoms with van der Waals surface area (Å²) >= 11 is 0. The molecule has 0 N–H and O–H groups in total. The second-order valence-corrected chi connectivity index (χ2v) is 20.3. The number of hydrogen-bond donors (Lipinski definition) is 0. The second-order valence-electron chi connectivity index (χ2n) is 20.3. The van der Waals surface area contributed by atoms with E-state index in [-0.39, 0.29) is 31.1 Å². The molecule has 0 aliphatic heterocycles. The molecule has 0 amide bonds. The molecule has 0 rings (SSSR count). The van der Waals surface area contributed by atoms with Crippen LogP contribution in [0.3, 0.4) is 0 Å². The fourth-order valence-electron chi connectivity index (χ4n) is 8.66. The molecule has 0 fully saturated rings. The molecule has 406 valence electrons. The molecule has 6 nitrogen and oxygen atoms in total. The van der Waals surface area contributed by atoms with Crippen molar-refractivity contribution in [1.82, 2.24) is 0 Å². The van der Waals surface area contributed by atoms with E-state index < -0.39 is 6.10 Å². The maximum absolute atomic E-state index is 12.9. The van der Waals surface area contributed by atoms with Crippen LogP contribution >= 0.6 is 0 Å². The molecular weight excluding hydrogens is 865 g/mol. The highest BCUT2D eigenvalue weighted by atomic mass is 16.6. The van der Waals surface area contributed by atoms with Crippen LogP contribution in [0.4, 0.5) is 0 Å². The highest BCUT2D eigenvalue weighted by Crippen LogP contribution is 2.16. The van der Waals surface area contributed by atoms with Gasteiger partial charge in [-0.1, -0.05) is 255 Å². The number of rotatable bonds is 55. The van der Waals surface area contributed by atoms with Crippen LogP contribution in [-0.4, -0.2) is 37.2 Å². The van der Waals surface area contributed by atoms with Crippen molar-refractivity contribution in [3.8, 4) is 0 Å². The van der Waals surface area contributed by atoms with Gasteiger partial charge in [0.25, 0.3) is 0 Å². The van der Waals surface area contributed by atoms with Crippen LogP contribution in [0, 0.1) is 0 Å². The maximum atomic E-state index is 12.9.